The summed E-state index contributed by atoms with van der Waals surface area (Å²) in [4.78, 5) is 16.5. The highest BCUT2D eigenvalue weighted by molar-refractivity contribution is 5.75. The number of rotatable bonds is 8. The van der Waals surface area contributed by atoms with E-state index >= 15 is 8.78 Å². The number of hydrogen-bond acceptors (Lipinski definition) is 5. The summed E-state index contributed by atoms with van der Waals surface area (Å²) in [6, 6.07) is 8.32. The van der Waals surface area contributed by atoms with Crippen LogP contribution in [-0.2, 0) is 10.3 Å². The van der Waals surface area contributed by atoms with Crippen LogP contribution in [0.3, 0.4) is 0 Å². The van der Waals surface area contributed by atoms with Crippen LogP contribution in [0.2, 0.25) is 0 Å². The molecule has 38 heavy (non-hydrogen) atoms. The third-order valence-corrected chi connectivity index (χ3v) is 8.00. The Kier molecular flexibility index (Phi) is 9.03. The van der Waals surface area contributed by atoms with Crippen LogP contribution in [0.15, 0.2) is 36.4 Å². The monoisotopic (exact) mass is 531 g/mol. The molecule has 7 nitrogen and oxygen atoms in total. The van der Waals surface area contributed by atoms with Gasteiger partial charge in [-0.1, -0.05) is 23.8 Å². The van der Waals surface area contributed by atoms with Gasteiger partial charge in [-0.25, -0.2) is 13.6 Å². The van der Waals surface area contributed by atoms with E-state index in [1.165, 1.54) is 12.1 Å². The number of likely N-dealkylation sites (tertiary alicyclic amines) is 2. The van der Waals surface area contributed by atoms with E-state index in [2.05, 4.69) is 0 Å². The number of aliphatic hydroxyl groups is 2. The second-order valence-corrected chi connectivity index (χ2v) is 10.7. The lowest BCUT2D eigenvalue weighted by Gasteiger charge is -2.44. The number of carbonyl (C=O) groups is 1. The van der Waals surface area contributed by atoms with E-state index in [0.717, 1.165) is 5.56 Å². The number of methoxy groups -OCH3 is 1. The van der Waals surface area contributed by atoms with E-state index < -0.39 is 35.3 Å². The molecule has 0 radical (unpaired) electrons. The number of nitrogens with two attached hydrogens (primary N) is 1. The van der Waals surface area contributed by atoms with Crippen molar-refractivity contribution in [2.24, 2.45) is 11.7 Å². The highest BCUT2D eigenvalue weighted by atomic mass is 19.1. The zero-order valence-corrected chi connectivity index (χ0v) is 22.2. The molecule has 0 saturated carbocycles. The van der Waals surface area contributed by atoms with E-state index in [9.17, 15) is 15.0 Å². The molecule has 208 valence electrons. The standard InChI is InChI=1S/C29H39F2N3O4/c1-19-10-11-23(30)21(15-19)27-22(8-5-9-24(27)31)29(37,12-3-4-14-38-2)20-7-6-13-33(16-20)28(36)34-17-25(32)26(35)18-34/h5,8-11,15,20,25-26,35,37H,3-4,6-7,12-14,16-18,32H2,1-2H3. The predicted molar refractivity (Wildman–Crippen MR) is 141 cm³/mol. The van der Waals surface area contributed by atoms with Crippen molar-refractivity contribution in [3.05, 3.63) is 59.2 Å². The van der Waals surface area contributed by atoms with Crippen molar-refractivity contribution in [3.63, 3.8) is 0 Å². The molecule has 4 rings (SSSR count). The fourth-order valence-electron chi connectivity index (χ4n) is 5.90. The number of unbranched alkanes of at least 4 members (excludes halogenated alkanes) is 1. The van der Waals surface area contributed by atoms with Gasteiger partial charge in [0.2, 0.25) is 0 Å². The third kappa shape index (κ3) is 5.86. The van der Waals surface area contributed by atoms with Crippen molar-refractivity contribution in [1.82, 2.24) is 9.80 Å². The van der Waals surface area contributed by atoms with Gasteiger partial charge in [0, 0.05) is 63.0 Å². The number of carbonyl (C=O) groups excluding carboxylic acids is 1. The number of piperidine rings is 1. The lowest BCUT2D eigenvalue weighted by Crippen LogP contribution is -2.52. The van der Waals surface area contributed by atoms with E-state index in [1.54, 1.807) is 41.2 Å². The Morgan fingerprint density at radius 1 is 1.13 bits per heavy atom. The minimum Gasteiger partial charge on any atom is -0.390 e. The van der Waals surface area contributed by atoms with Crippen LogP contribution in [0.1, 0.15) is 43.2 Å². The van der Waals surface area contributed by atoms with Crippen LogP contribution in [-0.4, -0.2) is 78.1 Å². The zero-order valence-electron chi connectivity index (χ0n) is 22.2. The first kappa shape index (κ1) is 28.4. The van der Waals surface area contributed by atoms with Crippen molar-refractivity contribution < 1.29 is 28.5 Å². The molecule has 9 heteroatoms. The predicted octanol–water partition coefficient (Wildman–Crippen LogP) is 3.78. The van der Waals surface area contributed by atoms with Crippen LogP contribution in [0.4, 0.5) is 13.6 Å². The third-order valence-electron chi connectivity index (χ3n) is 8.00. The average molecular weight is 532 g/mol. The number of aryl methyl sites for hydroxylation is 1. The molecule has 2 aliphatic rings. The molecule has 4 N–H and O–H groups in total. The smallest absolute Gasteiger partial charge is 0.320 e. The number of benzene rings is 2. The minimum absolute atomic E-state index is 0.0556. The lowest BCUT2D eigenvalue weighted by molar-refractivity contribution is -0.0573. The van der Waals surface area contributed by atoms with Crippen molar-refractivity contribution >= 4 is 6.03 Å². The first-order valence-corrected chi connectivity index (χ1v) is 13.4. The molecule has 2 heterocycles. The molecule has 2 fully saturated rings. The highest BCUT2D eigenvalue weighted by Crippen LogP contribution is 2.45. The number of aliphatic hydroxyl groups excluding tert-OH is 1. The van der Waals surface area contributed by atoms with E-state index in [1.807, 2.05) is 6.92 Å². The maximum atomic E-state index is 15.5. The SMILES string of the molecule is COCCCCC(O)(c1cccc(F)c1-c1cc(C)ccc1F)C1CCCN(C(=O)N2CC(N)C(O)C2)C1. The van der Waals surface area contributed by atoms with Gasteiger partial charge in [-0.15, -0.1) is 0 Å². The molecule has 2 amide bonds. The van der Waals surface area contributed by atoms with Crippen molar-refractivity contribution in [2.45, 2.75) is 56.8 Å². The van der Waals surface area contributed by atoms with Gasteiger partial charge in [-0.2, -0.15) is 0 Å². The Balaban J connectivity index is 1.71. The minimum atomic E-state index is -1.51. The van der Waals surface area contributed by atoms with Crippen LogP contribution in [0.25, 0.3) is 11.1 Å². The fraction of sp³-hybridized carbons (Fsp3) is 0.552. The topological polar surface area (TPSA) is 99.3 Å². The fourth-order valence-corrected chi connectivity index (χ4v) is 5.90. The number of halogens is 2. The van der Waals surface area contributed by atoms with E-state index in [0.29, 0.717) is 50.8 Å². The summed E-state index contributed by atoms with van der Waals surface area (Å²) in [5.41, 5.74) is 5.68. The first-order valence-electron chi connectivity index (χ1n) is 13.4. The number of hydrogen-bond donors (Lipinski definition) is 3. The molecule has 0 aliphatic carbocycles. The number of ether oxygens (including phenoxy) is 1. The van der Waals surface area contributed by atoms with Gasteiger partial charge in [-0.05, 0) is 62.8 Å². The number of urea groups is 1. The normalized spacial score (nSPS) is 23.5. The second-order valence-electron chi connectivity index (χ2n) is 10.7. The van der Waals surface area contributed by atoms with Crippen molar-refractivity contribution in [3.8, 4) is 11.1 Å². The summed E-state index contributed by atoms with van der Waals surface area (Å²) in [6.45, 7) is 3.54. The number of β-amino-alcohol motifs (C(OH)–C–C–N with tert-alkyl or cyclic N) is 1. The maximum absolute atomic E-state index is 15.5. The summed E-state index contributed by atoms with van der Waals surface area (Å²) < 4.78 is 35.7. The van der Waals surface area contributed by atoms with Crippen LogP contribution in [0, 0.1) is 24.5 Å². The largest absolute Gasteiger partial charge is 0.390 e. The summed E-state index contributed by atoms with van der Waals surface area (Å²) in [5, 5.41) is 22.5. The number of amides is 2. The van der Waals surface area contributed by atoms with E-state index in [-0.39, 0.29) is 36.8 Å². The summed E-state index contributed by atoms with van der Waals surface area (Å²) in [6.07, 6.45) is 2.12. The average Bonchev–Trinajstić information content (AvgIpc) is 3.25. The Hall–Kier alpha value is -2.59. The number of nitrogens with zero attached hydrogens (tertiary/aromatic N) is 2. The lowest BCUT2D eigenvalue weighted by atomic mass is 9.72. The molecular weight excluding hydrogens is 492 g/mol. The van der Waals surface area contributed by atoms with Gasteiger partial charge in [0.15, 0.2) is 0 Å². The summed E-state index contributed by atoms with van der Waals surface area (Å²) in [7, 11) is 1.61. The second kappa shape index (κ2) is 12.1. The Morgan fingerprint density at radius 3 is 2.63 bits per heavy atom. The Morgan fingerprint density at radius 2 is 1.92 bits per heavy atom. The molecule has 2 aromatic rings. The molecule has 2 saturated heterocycles. The molecule has 0 spiro atoms. The summed E-state index contributed by atoms with van der Waals surface area (Å²) >= 11 is 0. The van der Waals surface area contributed by atoms with Crippen LogP contribution in [0.5, 0.6) is 0 Å². The van der Waals surface area contributed by atoms with Gasteiger partial charge in [0.05, 0.1) is 11.7 Å². The van der Waals surface area contributed by atoms with Gasteiger partial charge < -0.3 is 30.5 Å². The van der Waals surface area contributed by atoms with Crippen molar-refractivity contribution in [2.75, 3.05) is 39.9 Å². The van der Waals surface area contributed by atoms with Crippen LogP contribution < -0.4 is 5.73 Å². The van der Waals surface area contributed by atoms with Crippen LogP contribution >= 0.6 is 0 Å². The quantitative estimate of drug-likeness (QED) is 0.451. The van der Waals surface area contributed by atoms with Gasteiger partial charge in [0.1, 0.15) is 11.6 Å². The zero-order chi connectivity index (χ0) is 27.4. The van der Waals surface area contributed by atoms with E-state index in [4.69, 9.17) is 10.5 Å². The molecule has 2 aromatic carbocycles. The molecule has 0 bridgehead atoms. The Bertz CT molecular complexity index is 1120. The van der Waals surface area contributed by atoms with Gasteiger partial charge in [0.25, 0.3) is 0 Å². The first-order chi connectivity index (χ1) is 18.2. The van der Waals surface area contributed by atoms with Gasteiger partial charge in [-0.3, -0.25) is 0 Å². The maximum Gasteiger partial charge on any atom is 0.320 e. The Labute approximate surface area is 223 Å². The molecule has 4 atom stereocenters. The molecule has 0 aromatic heterocycles. The summed E-state index contributed by atoms with van der Waals surface area (Å²) in [5.74, 6) is -1.57. The highest BCUT2D eigenvalue weighted by Gasteiger charge is 2.44. The molecule has 2 aliphatic heterocycles. The molecule has 4 unspecified atom stereocenters. The van der Waals surface area contributed by atoms with Crippen molar-refractivity contribution in [1.29, 1.82) is 0 Å². The van der Waals surface area contributed by atoms with Gasteiger partial charge >= 0.3 is 6.03 Å². The molecular formula is C29H39F2N3O4.